The third-order valence-electron chi connectivity index (χ3n) is 3.62. The quantitative estimate of drug-likeness (QED) is 0.531. The molecule has 0 amide bonds. The van der Waals surface area contributed by atoms with E-state index in [1.807, 2.05) is 37.3 Å². The molecule has 0 radical (unpaired) electrons. The fourth-order valence-electron chi connectivity index (χ4n) is 1.99. The van der Waals surface area contributed by atoms with E-state index < -0.39 is 14.9 Å². The van der Waals surface area contributed by atoms with Crippen LogP contribution in [0.4, 0.5) is 0 Å². The Morgan fingerprint density at radius 2 is 1.95 bits per heavy atom. The number of rotatable bonds is 10. The third kappa shape index (κ3) is 4.51. The van der Waals surface area contributed by atoms with Gasteiger partial charge >= 0.3 is 0 Å². The molecule has 2 rings (SSSR count). The lowest BCUT2D eigenvalue weighted by Gasteiger charge is -2.16. The summed E-state index contributed by atoms with van der Waals surface area (Å²) >= 11 is 0. The molecule has 1 N–H and O–H groups in total. The van der Waals surface area contributed by atoms with Crippen LogP contribution in [0.2, 0.25) is 0 Å². The van der Waals surface area contributed by atoms with Crippen molar-refractivity contribution in [3.05, 3.63) is 35.9 Å². The standard InChI is InChI=1S/C15H23NO4S/c1-2-3-11-16-20-21(17,18)15(9-10-15)13-19-12-14-7-5-4-6-8-14/h4-8,16H,2-3,9-13H2,1H3. The maximum atomic E-state index is 12.2. The molecule has 0 heterocycles. The third-order valence-corrected chi connectivity index (χ3v) is 5.54. The van der Waals surface area contributed by atoms with Crippen molar-refractivity contribution in [2.45, 2.75) is 44.0 Å². The second-order valence-electron chi connectivity index (χ2n) is 5.45. The van der Waals surface area contributed by atoms with Gasteiger partial charge in [0.1, 0.15) is 4.75 Å². The Kier molecular flexibility index (Phi) is 5.75. The SMILES string of the molecule is CCCCNOS(=O)(=O)C1(COCc2ccccc2)CC1. The van der Waals surface area contributed by atoms with Crippen LogP contribution in [0.25, 0.3) is 0 Å². The Balaban J connectivity index is 1.78. The van der Waals surface area contributed by atoms with Gasteiger partial charge in [-0.3, -0.25) is 0 Å². The summed E-state index contributed by atoms with van der Waals surface area (Å²) in [5.41, 5.74) is 3.57. The van der Waals surface area contributed by atoms with E-state index in [-0.39, 0.29) is 6.61 Å². The van der Waals surface area contributed by atoms with Gasteiger partial charge in [0.15, 0.2) is 0 Å². The van der Waals surface area contributed by atoms with Crippen LogP contribution < -0.4 is 5.48 Å². The lowest BCUT2D eigenvalue weighted by atomic mass is 10.2. The van der Waals surface area contributed by atoms with Crippen LogP contribution >= 0.6 is 0 Å². The van der Waals surface area contributed by atoms with Crippen molar-refractivity contribution < 1.29 is 17.4 Å². The number of hydroxylamine groups is 1. The second kappa shape index (κ2) is 7.35. The summed E-state index contributed by atoms with van der Waals surface area (Å²) in [7, 11) is -3.62. The van der Waals surface area contributed by atoms with E-state index in [9.17, 15) is 8.42 Å². The molecule has 118 valence electrons. The van der Waals surface area contributed by atoms with Crippen LogP contribution in [-0.4, -0.2) is 26.3 Å². The minimum absolute atomic E-state index is 0.180. The summed E-state index contributed by atoms with van der Waals surface area (Å²) in [4.78, 5) is 0. The Labute approximate surface area is 126 Å². The first-order valence-electron chi connectivity index (χ1n) is 7.37. The van der Waals surface area contributed by atoms with Gasteiger partial charge in [0.25, 0.3) is 10.1 Å². The minimum atomic E-state index is -3.62. The number of benzene rings is 1. The molecule has 0 aromatic heterocycles. The van der Waals surface area contributed by atoms with E-state index in [4.69, 9.17) is 9.02 Å². The van der Waals surface area contributed by atoms with E-state index in [1.54, 1.807) is 0 Å². The monoisotopic (exact) mass is 313 g/mol. The Bertz CT molecular complexity index is 526. The van der Waals surface area contributed by atoms with Crippen molar-refractivity contribution in [1.29, 1.82) is 0 Å². The van der Waals surface area contributed by atoms with Gasteiger partial charge < -0.3 is 4.74 Å². The van der Waals surface area contributed by atoms with Gasteiger partial charge in [-0.1, -0.05) is 43.7 Å². The Hall–Kier alpha value is -0.950. The molecule has 21 heavy (non-hydrogen) atoms. The first-order valence-corrected chi connectivity index (χ1v) is 8.78. The Morgan fingerprint density at radius 3 is 2.57 bits per heavy atom. The second-order valence-corrected chi connectivity index (χ2v) is 7.39. The fraction of sp³-hybridized carbons (Fsp3) is 0.600. The van der Waals surface area contributed by atoms with Gasteiger partial charge in [0.05, 0.1) is 13.2 Å². The maximum absolute atomic E-state index is 12.2. The molecule has 6 heteroatoms. The van der Waals surface area contributed by atoms with Crippen LogP contribution in [-0.2, 0) is 25.7 Å². The zero-order valence-electron chi connectivity index (χ0n) is 12.4. The van der Waals surface area contributed by atoms with Crippen LogP contribution in [0.15, 0.2) is 30.3 Å². The normalized spacial score (nSPS) is 16.8. The molecule has 0 spiro atoms. The smallest absolute Gasteiger partial charge is 0.291 e. The molecule has 0 atom stereocenters. The molecule has 1 fully saturated rings. The molecule has 0 unspecified atom stereocenters. The molecule has 5 nitrogen and oxygen atoms in total. The Morgan fingerprint density at radius 1 is 1.24 bits per heavy atom. The molecule has 1 aromatic rings. The van der Waals surface area contributed by atoms with Crippen LogP contribution in [0.1, 0.15) is 38.2 Å². The minimum Gasteiger partial charge on any atom is -0.375 e. The topological polar surface area (TPSA) is 64.6 Å². The number of hydrogen-bond donors (Lipinski definition) is 1. The number of ether oxygens (including phenoxy) is 1. The van der Waals surface area contributed by atoms with Gasteiger partial charge in [-0.15, -0.1) is 0 Å². The highest BCUT2D eigenvalue weighted by molar-refractivity contribution is 7.88. The average molecular weight is 313 g/mol. The average Bonchev–Trinajstić information content (AvgIpc) is 3.27. The lowest BCUT2D eigenvalue weighted by molar-refractivity contribution is 0.109. The van der Waals surface area contributed by atoms with Crippen molar-refractivity contribution >= 4 is 10.1 Å². The highest BCUT2D eigenvalue weighted by Crippen LogP contribution is 2.44. The summed E-state index contributed by atoms with van der Waals surface area (Å²) < 4.78 is 33.9. The highest BCUT2D eigenvalue weighted by atomic mass is 32.2. The molecular formula is C15H23NO4S. The summed E-state index contributed by atoms with van der Waals surface area (Å²) in [5, 5.41) is 0. The van der Waals surface area contributed by atoms with E-state index >= 15 is 0 Å². The summed E-state index contributed by atoms with van der Waals surface area (Å²) in [6, 6.07) is 9.71. The zero-order valence-corrected chi connectivity index (χ0v) is 13.2. The molecule has 0 bridgehead atoms. The first-order chi connectivity index (χ1) is 10.1. The van der Waals surface area contributed by atoms with Crippen molar-refractivity contribution in [3.8, 4) is 0 Å². The van der Waals surface area contributed by atoms with E-state index in [0.717, 1.165) is 18.4 Å². The largest absolute Gasteiger partial charge is 0.375 e. The van der Waals surface area contributed by atoms with Crippen LogP contribution in [0, 0.1) is 0 Å². The summed E-state index contributed by atoms with van der Waals surface area (Å²) in [6.45, 7) is 3.17. The van der Waals surface area contributed by atoms with Gasteiger partial charge in [0.2, 0.25) is 0 Å². The van der Waals surface area contributed by atoms with Gasteiger partial charge in [-0.05, 0) is 24.8 Å². The first kappa shape index (κ1) is 16.4. The predicted octanol–water partition coefficient (Wildman–Crippen LogP) is 2.39. The fourth-order valence-corrected chi connectivity index (χ4v) is 3.24. The summed E-state index contributed by atoms with van der Waals surface area (Å²) in [5.74, 6) is 0. The molecular weight excluding hydrogens is 290 g/mol. The lowest BCUT2D eigenvalue weighted by Crippen LogP contribution is -2.34. The highest BCUT2D eigenvalue weighted by Gasteiger charge is 2.56. The van der Waals surface area contributed by atoms with Crippen LogP contribution in [0.3, 0.4) is 0 Å². The van der Waals surface area contributed by atoms with Crippen LogP contribution in [0.5, 0.6) is 0 Å². The van der Waals surface area contributed by atoms with Gasteiger partial charge in [-0.25, -0.2) is 0 Å². The number of unbranched alkanes of at least 4 members (excludes halogenated alkanes) is 1. The maximum Gasteiger partial charge on any atom is 0.291 e. The summed E-state index contributed by atoms with van der Waals surface area (Å²) in [6.07, 6.45) is 3.06. The molecule has 0 saturated heterocycles. The van der Waals surface area contributed by atoms with Gasteiger partial charge in [-0.2, -0.15) is 18.2 Å². The molecule has 1 aromatic carbocycles. The van der Waals surface area contributed by atoms with Crippen molar-refractivity contribution in [1.82, 2.24) is 5.48 Å². The van der Waals surface area contributed by atoms with E-state index in [2.05, 4.69) is 5.48 Å². The molecule has 1 aliphatic rings. The number of hydrogen-bond acceptors (Lipinski definition) is 5. The van der Waals surface area contributed by atoms with E-state index in [1.165, 1.54) is 0 Å². The predicted molar refractivity (Wildman–Crippen MR) is 81.0 cm³/mol. The van der Waals surface area contributed by atoms with Crippen molar-refractivity contribution in [2.75, 3.05) is 13.2 Å². The molecule has 1 saturated carbocycles. The zero-order chi connectivity index (χ0) is 15.2. The van der Waals surface area contributed by atoms with Crippen molar-refractivity contribution in [2.24, 2.45) is 0 Å². The van der Waals surface area contributed by atoms with E-state index in [0.29, 0.717) is 26.0 Å². The number of nitrogens with one attached hydrogen (secondary N) is 1. The van der Waals surface area contributed by atoms with Gasteiger partial charge in [0, 0.05) is 6.54 Å². The molecule has 1 aliphatic carbocycles. The van der Waals surface area contributed by atoms with Crippen molar-refractivity contribution in [3.63, 3.8) is 0 Å². The molecule has 0 aliphatic heterocycles.